The minimum atomic E-state index is -0.892. The van der Waals surface area contributed by atoms with Gasteiger partial charge in [0, 0.05) is 30.9 Å². The third kappa shape index (κ3) is 4.50. The lowest BCUT2D eigenvalue weighted by Gasteiger charge is -2.40. The monoisotopic (exact) mass is 556 g/mol. The predicted molar refractivity (Wildman–Crippen MR) is 155 cm³/mol. The first-order valence-corrected chi connectivity index (χ1v) is 14.3. The highest BCUT2D eigenvalue weighted by Crippen LogP contribution is 2.38. The zero-order valence-electron chi connectivity index (χ0n) is 23.3. The number of aromatic nitrogens is 3. The highest BCUT2D eigenvalue weighted by atomic mass is 19.1. The summed E-state index contributed by atoms with van der Waals surface area (Å²) in [5.41, 5.74) is 2.18. The second-order valence-electron chi connectivity index (χ2n) is 11.6. The largest absolute Gasteiger partial charge is 0.465 e. The van der Waals surface area contributed by atoms with E-state index in [0.717, 1.165) is 48.6 Å². The number of carbonyl (C=O) groups is 1. The number of amides is 1. The second kappa shape index (κ2) is 10.1. The van der Waals surface area contributed by atoms with Gasteiger partial charge in [0.25, 0.3) is 0 Å². The molecule has 0 aliphatic carbocycles. The predicted octanol–water partition coefficient (Wildman–Crippen LogP) is 5.10. The van der Waals surface area contributed by atoms with Crippen molar-refractivity contribution in [2.45, 2.75) is 50.7 Å². The SMILES string of the molecule is Cc1ccc2cccc(-c3ncc4c(N5C[C@H]6CC[C@@H](C5)N6C(=O)O)nc(OC[C@@H]5CCCN5C)nc4c3F)c2c1. The van der Waals surface area contributed by atoms with Crippen LogP contribution in [0.1, 0.15) is 31.2 Å². The summed E-state index contributed by atoms with van der Waals surface area (Å²) in [6.07, 6.45) is 4.49. The summed E-state index contributed by atoms with van der Waals surface area (Å²) in [5.74, 6) is 0.0218. The van der Waals surface area contributed by atoms with Gasteiger partial charge < -0.3 is 19.6 Å². The minimum Gasteiger partial charge on any atom is -0.465 e. The number of benzene rings is 2. The standard InChI is InChI=1S/C31H33FN6O3/c1-18-8-9-19-5-3-7-23(24(19)13-18)27-26(32)28-25(14-33-27)29(35-30(34-28)41-17-22-6-4-12-36(22)2)37-15-20-10-11-21(16-37)38(20)31(39)40/h3,5,7-9,13-14,20-22H,4,6,10-12,15-17H2,1-2H3,(H,39,40)/t20-,21+,22-/m0/s1. The summed E-state index contributed by atoms with van der Waals surface area (Å²) < 4.78 is 22.7. The molecule has 7 rings (SSSR count). The number of ether oxygens (including phenoxy) is 1. The molecule has 3 saturated heterocycles. The van der Waals surface area contributed by atoms with Crippen LogP contribution in [-0.4, -0.2) is 87.4 Å². The van der Waals surface area contributed by atoms with E-state index in [0.29, 0.717) is 36.5 Å². The summed E-state index contributed by atoms with van der Waals surface area (Å²) in [7, 11) is 2.08. The van der Waals surface area contributed by atoms with Crippen LogP contribution >= 0.6 is 0 Å². The maximum atomic E-state index is 16.5. The van der Waals surface area contributed by atoms with Crippen LogP contribution in [0.3, 0.4) is 0 Å². The maximum Gasteiger partial charge on any atom is 0.407 e. The zero-order valence-corrected chi connectivity index (χ0v) is 23.3. The Morgan fingerprint density at radius 1 is 1.10 bits per heavy atom. The van der Waals surface area contributed by atoms with E-state index >= 15 is 4.39 Å². The number of hydrogen-bond acceptors (Lipinski definition) is 7. The highest BCUT2D eigenvalue weighted by Gasteiger charge is 2.43. The lowest BCUT2D eigenvalue weighted by molar-refractivity contribution is 0.114. The molecule has 1 N–H and O–H groups in total. The summed E-state index contributed by atoms with van der Waals surface area (Å²) in [4.78, 5) is 31.8. The van der Waals surface area contributed by atoms with Gasteiger partial charge in [0.2, 0.25) is 0 Å². The molecule has 2 aromatic heterocycles. The van der Waals surface area contributed by atoms with Gasteiger partial charge in [-0.25, -0.2) is 9.18 Å². The van der Waals surface area contributed by atoms with Gasteiger partial charge in [-0.15, -0.1) is 0 Å². The van der Waals surface area contributed by atoms with Crippen LogP contribution in [0.15, 0.2) is 42.6 Å². The van der Waals surface area contributed by atoms with Gasteiger partial charge >= 0.3 is 12.1 Å². The summed E-state index contributed by atoms with van der Waals surface area (Å²) in [5, 5.41) is 12.2. The van der Waals surface area contributed by atoms with Gasteiger partial charge in [0.1, 0.15) is 23.6 Å². The van der Waals surface area contributed by atoms with E-state index in [-0.39, 0.29) is 35.3 Å². The van der Waals surface area contributed by atoms with Crippen LogP contribution in [0.5, 0.6) is 6.01 Å². The van der Waals surface area contributed by atoms with Crippen LogP contribution in [0.2, 0.25) is 0 Å². The average molecular weight is 557 g/mol. The molecule has 2 bridgehead atoms. The molecule has 0 saturated carbocycles. The Morgan fingerprint density at radius 2 is 1.90 bits per heavy atom. The van der Waals surface area contributed by atoms with Crippen molar-refractivity contribution in [3.8, 4) is 17.3 Å². The molecule has 3 aliphatic rings. The Morgan fingerprint density at radius 3 is 2.63 bits per heavy atom. The molecular weight excluding hydrogens is 523 g/mol. The van der Waals surface area contributed by atoms with Crippen LogP contribution in [0.25, 0.3) is 32.9 Å². The number of pyridine rings is 1. The van der Waals surface area contributed by atoms with Crippen molar-refractivity contribution < 1.29 is 19.0 Å². The average Bonchev–Trinajstić information content (AvgIpc) is 3.50. The number of aryl methyl sites for hydroxylation is 1. The van der Waals surface area contributed by atoms with E-state index in [2.05, 4.69) is 26.8 Å². The molecule has 2 aromatic carbocycles. The Labute approximate surface area is 237 Å². The van der Waals surface area contributed by atoms with Gasteiger partial charge in [0.05, 0.1) is 17.5 Å². The zero-order chi connectivity index (χ0) is 28.2. The fourth-order valence-corrected chi connectivity index (χ4v) is 6.86. The third-order valence-electron chi connectivity index (χ3n) is 9.02. The van der Waals surface area contributed by atoms with Crippen LogP contribution < -0.4 is 9.64 Å². The molecule has 3 aliphatic heterocycles. The van der Waals surface area contributed by atoms with Crippen molar-refractivity contribution in [2.24, 2.45) is 0 Å². The Kier molecular flexibility index (Phi) is 6.37. The van der Waals surface area contributed by atoms with Gasteiger partial charge in [0.15, 0.2) is 5.82 Å². The van der Waals surface area contributed by atoms with Gasteiger partial charge in [-0.1, -0.05) is 42.0 Å². The van der Waals surface area contributed by atoms with Crippen molar-refractivity contribution >= 4 is 33.6 Å². The number of nitrogens with zero attached hydrogens (tertiary/aromatic N) is 6. The maximum absolute atomic E-state index is 16.5. The molecule has 3 atom stereocenters. The number of hydrogen-bond donors (Lipinski definition) is 1. The van der Waals surface area contributed by atoms with Crippen LogP contribution in [-0.2, 0) is 0 Å². The minimum absolute atomic E-state index is 0.130. The number of halogens is 1. The molecule has 10 heteroatoms. The smallest absolute Gasteiger partial charge is 0.407 e. The fraction of sp³-hybridized carbons (Fsp3) is 0.419. The summed E-state index contributed by atoms with van der Waals surface area (Å²) >= 11 is 0. The van der Waals surface area contributed by atoms with Crippen molar-refractivity contribution in [1.82, 2.24) is 24.8 Å². The molecule has 5 heterocycles. The first-order valence-electron chi connectivity index (χ1n) is 14.3. The first-order chi connectivity index (χ1) is 19.9. The van der Waals surface area contributed by atoms with Gasteiger partial charge in [-0.2, -0.15) is 9.97 Å². The number of anilines is 1. The first kappa shape index (κ1) is 25.9. The van der Waals surface area contributed by atoms with E-state index in [9.17, 15) is 9.90 Å². The second-order valence-corrected chi connectivity index (χ2v) is 11.6. The molecule has 212 valence electrons. The van der Waals surface area contributed by atoms with Gasteiger partial charge in [-0.05, 0) is 57.0 Å². The molecule has 1 amide bonds. The number of likely N-dealkylation sites (tertiary alicyclic amines) is 1. The van der Waals surface area contributed by atoms with Crippen molar-refractivity contribution in [3.05, 3.63) is 54.0 Å². The van der Waals surface area contributed by atoms with Crippen molar-refractivity contribution in [3.63, 3.8) is 0 Å². The van der Waals surface area contributed by atoms with Crippen molar-refractivity contribution in [1.29, 1.82) is 0 Å². The lowest BCUT2D eigenvalue weighted by Crippen LogP contribution is -2.55. The van der Waals surface area contributed by atoms with E-state index in [4.69, 9.17) is 9.72 Å². The van der Waals surface area contributed by atoms with E-state index in [1.165, 1.54) is 0 Å². The molecule has 0 spiro atoms. The lowest BCUT2D eigenvalue weighted by atomic mass is 9.99. The summed E-state index contributed by atoms with van der Waals surface area (Å²) in [6, 6.07) is 12.0. The van der Waals surface area contributed by atoms with Crippen molar-refractivity contribution in [2.75, 3.05) is 38.2 Å². The Bertz CT molecular complexity index is 1650. The quantitative estimate of drug-likeness (QED) is 0.363. The summed E-state index contributed by atoms with van der Waals surface area (Å²) in [6.45, 7) is 4.41. The molecule has 4 aromatic rings. The topological polar surface area (TPSA) is 94.9 Å². The molecule has 41 heavy (non-hydrogen) atoms. The Balaban J connectivity index is 1.34. The van der Waals surface area contributed by atoms with Crippen LogP contribution in [0, 0.1) is 12.7 Å². The molecule has 0 unspecified atom stereocenters. The van der Waals surface area contributed by atoms with Gasteiger partial charge in [-0.3, -0.25) is 9.88 Å². The van der Waals surface area contributed by atoms with E-state index in [1.54, 1.807) is 11.1 Å². The Hall–Kier alpha value is -4.05. The molecular formula is C31H33FN6O3. The number of rotatable bonds is 5. The van der Waals surface area contributed by atoms with E-state index in [1.807, 2.05) is 43.3 Å². The molecule has 3 fully saturated rings. The van der Waals surface area contributed by atoms with E-state index < -0.39 is 11.9 Å². The fourth-order valence-electron chi connectivity index (χ4n) is 6.86. The number of likely N-dealkylation sites (N-methyl/N-ethyl adjacent to an activating group) is 1. The number of piperazine rings is 1. The number of fused-ring (bicyclic) bond motifs is 4. The normalized spacial score (nSPS) is 22.7. The highest BCUT2D eigenvalue weighted by molar-refractivity contribution is 5.99. The van der Waals surface area contributed by atoms with Crippen LogP contribution in [0.4, 0.5) is 15.0 Å². The molecule has 9 nitrogen and oxygen atoms in total. The number of carboxylic acid groups (broad SMARTS) is 1. The third-order valence-corrected chi connectivity index (χ3v) is 9.02. The molecule has 0 radical (unpaired) electrons.